The number of hydrogen-bond donors (Lipinski definition) is 0. The first kappa shape index (κ1) is 18.7. The molecule has 0 fully saturated rings. The number of fused-ring (bicyclic) bond motifs is 1. The maximum atomic E-state index is 12.6. The summed E-state index contributed by atoms with van der Waals surface area (Å²) in [6.45, 7) is 4.01. The van der Waals surface area contributed by atoms with Gasteiger partial charge in [0.15, 0.2) is 0 Å². The molecular formula is C22H23NO4. The Morgan fingerprint density at radius 1 is 1.07 bits per heavy atom. The monoisotopic (exact) mass is 365 g/mol. The van der Waals surface area contributed by atoms with Gasteiger partial charge in [0.25, 0.3) is 5.91 Å². The summed E-state index contributed by atoms with van der Waals surface area (Å²) in [6, 6.07) is 13.0. The minimum atomic E-state index is -0.962. The zero-order valence-corrected chi connectivity index (χ0v) is 16.0. The normalized spacial score (nSPS) is 12.0. The van der Waals surface area contributed by atoms with E-state index < -0.39 is 12.1 Å². The number of furan rings is 1. The summed E-state index contributed by atoms with van der Waals surface area (Å²) in [4.78, 5) is 26.5. The third-order valence-corrected chi connectivity index (χ3v) is 4.69. The number of benzene rings is 2. The third-order valence-electron chi connectivity index (χ3n) is 4.69. The quantitative estimate of drug-likeness (QED) is 0.642. The number of nitrogens with zero attached hydrogens (tertiary/aromatic N) is 1. The van der Waals surface area contributed by atoms with Crippen LogP contribution in [0.25, 0.3) is 11.0 Å². The Morgan fingerprint density at radius 2 is 1.78 bits per heavy atom. The van der Waals surface area contributed by atoms with E-state index in [1.54, 1.807) is 32.5 Å². The van der Waals surface area contributed by atoms with Gasteiger partial charge in [0.2, 0.25) is 6.10 Å². The lowest BCUT2D eigenvalue weighted by atomic mass is 10.0. The second-order valence-electron chi connectivity index (χ2n) is 6.84. The molecule has 0 saturated carbocycles. The van der Waals surface area contributed by atoms with Crippen LogP contribution in [0.3, 0.4) is 0 Å². The van der Waals surface area contributed by atoms with E-state index in [0.717, 1.165) is 27.7 Å². The minimum absolute atomic E-state index is 0.0412. The van der Waals surface area contributed by atoms with E-state index in [-0.39, 0.29) is 12.3 Å². The Hall–Kier alpha value is -3.08. The molecule has 0 aliphatic rings. The van der Waals surface area contributed by atoms with Crippen LogP contribution in [-0.4, -0.2) is 30.9 Å². The topological polar surface area (TPSA) is 59.8 Å². The third kappa shape index (κ3) is 3.87. The van der Waals surface area contributed by atoms with Crippen LogP contribution in [0.15, 0.2) is 53.1 Å². The van der Waals surface area contributed by atoms with E-state index in [1.807, 2.05) is 44.2 Å². The zero-order valence-electron chi connectivity index (χ0n) is 16.0. The molecule has 27 heavy (non-hydrogen) atoms. The number of carbonyl (C=O) groups is 2. The molecule has 3 rings (SSSR count). The number of amides is 1. The van der Waals surface area contributed by atoms with Gasteiger partial charge in [0.05, 0.1) is 12.7 Å². The van der Waals surface area contributed by atoms with E-state index in [4.69, 9.17) is 9.15 Å². The molecule has 1 aromatic heterocycles. The lowest BCUT2D eigenvalue weighted by Crippen LogP contribution is -2.31. The van der Waals surface area contributed by atoms with Crippen molar-refractivity contribution in [3.8, 4) is 0 Å². The van der Waals surface area contributed by atoms with Crippen molar-refractivity contribution in [2.45, 2.75) is 26.4 Å². The second kappa shape index (κ2) is 7.66. The van der Waals surface area contributed by atoms with Gasteiger partial charge in [-0.05, 0) is 25.0 Å². The standard InChI is InChI=1S/C22H23NO4/c1-14-10-11-18-17(13-26-20(18)15(14)2)12-19(24)27-21(22(25)23(3)4)16-8-6-5-7-9-16/h5-11,13,21H,12H2,1-4H3/t21-/m0/s1. The van der Waals surface area contributed by atoms with Gasteiger partial charge in [-0.2, -0.15) is 0 Å². The van der Waals surface area contributed by atoms with Crippen molar-refractivity contribution in [3.05, 3.63) is 71.0 Å². The molecule has 5 heteroatoms. The molecule has 1 amide bonds. The number of carbonyl (C=O) groups excluding carboxylic acids is 2. The predicted molar refractivity (Wildman–Crippen MR) is 103 cm³/mol. The molecule has 0 saturated heterocycles. The fourth-order valence-corrected chi connectivity index (χ4v) is 2.98. The fraction of sp³-hybridized carbons (Fsp3) is 0.273. The van der Waals surface area contributed by atoms with Crippen molar-refractivity contribution in [2.75, 3.05) is 14.1 Å². The number of hydrogen-bond acceptors (Lipinski definition) is 4. The molecule has 1 heterocycles. The first-order valence-electron chi connectivity index (χ1n) is 8.80. The van der Waals surface area contributed by atoms with Crippen LogP contribution >= 0.6 is 0 Å². The number of likely N-dealkylation sites (N-methyl/N-ethyl adjacent to an activating group) is 1. The summed E-state index contributed by atoms with van der Waals surface area (Å²) in [7, 11) is 3.28. The minimum Gasteiger partial charge on any atom is -0.464 e. The van der Waals surface area contributed by atoms with Crippen LogP contribution < -0.4 is 0 Å². The largest absolute Gasteiger partial charge is 0.464 e. The van der Waals surface area contributed by atoms with E-state index in [2.05, 4.69) is 0 Å². The van der Waals surface area contributed by atoms with Crippen molar-refractivity contribution in [1.82, 2.24) is 4.90 Å². The highest BCUT2D eigenvalue weighted by Crippen LogP contribution is 2.28. The van der Waals surface area contributed by atoms with Gasteiger partial charge in [-0.3, -0.25) is 9.59 Å². The summed E-state index contributed by atoms with van der Waals surface area (Å²) < 4.78 is 11.2. The van der Waals surface area contributed by atoms with Gasteiger partial charge in [-0.25, -0.2) is 0 Å². The highest BCUT2D eigenvalue weighted by atomic mass is 16.5. The fourth-order valence-electron chi connectivity index (χ4n) is 2.98. The molecule has 140 valence electrons. The van der Waals surface area contributed by atoms with Crippen LogP contribution in [0.2, 0.25) is 0 Å². The Bertz CT molecular complexity index is 973. The Morgan fingerprint density at radius 3 is 2.44 bits per heavy atom. The van der Waals surface area contributed by atoms with E-state index >= 15 is 0 Å². The van der Waals surface area contributed by atoms with Gasteiger partial charge < -0.3 is 14.1 Å². The SMILES string of the molecule is Cc1ccc2c(CC(=O)O[C@H](C(=O)N(C)C)c3ccccc3)coc2c1C. The lowest BCUT2D eigenvalue weighted by molar-refractivity contribution is -0.159. The molecule has 0 unspecified atom stereocenters. The molecule has 0 spiro atoms. The molecule has 5 nitrogen and oxygen atoms in total. The van der Waals surface area contributed by atoms with Crippen LogP contribution in [0, 0.1) is 13.8 Å². The van der Waals surface area contributed by atoms with Crippen molar-refractivity contribution in [1.29, 1.82) is 0 Å². The summed E-state index contributed by atoms with van der Waals surface area (Å²) in [5.41, 5.74) is 4.36. The average molecular weight is 365 g/mol. The number of esters is 1. The molecule has 1 atom stereocenters. The van der Waals surface area contributed by atoms with E-state index in [0.29, 0.717) is 5.56 Å². The summed E-state index contributed by atoms with van der Waals surface area (Å²) in [5.74, 6) is -0.752. The average Bonchev–Trinajstić information content (AvgIpc) is 3.06. The van der Waals surface area contributed by atoms with Gasteiger partial charge in [0, 0.05) is 30.6 Å². The smallest absolute Gasteiger partial charge is 0.311 e. The Balaban J connectivity index is 1.83. The lowest BCUT2D eigenvalue weighted by Gasteiger charge is -2.21. The number of aryl methyl sites for hydroxylation is 2. The van der Waals surface area contributed by atoms with E-state index in [9.17, 15) is 9.59 Å². The Kier molecular flexibility index (Phi) is 5.31. The molecular weight excluding hydrogens is 342 g/mol. The summed E-state index contributed by atoms with van der Waals surface area (Å²) in [6.07, 6.45) is 0.666. The van der Waals surface area contributed by atoms with Crippen LogP contribution in [0.1, 0.15) is 28.4 Å². The van der Waals surface area contributed by atoms with Gasteiger partial charge >= 0.3 is 5.97 Å². The van der Waals surface area contributed by atoms with Crippen LogP contribution in [0.4, 0.5) is 0 Å². The summed E-state index contributed by atoms with van der Waals surface area (Å²) in [5, 5.41) is 0.894. The van der Waals surface area contributed by atoms with Crippen molar-refractivity contribution in [3.63, 3.8) is 0 Å². The first-order chi connectivity index (χ1) is 12.9. The molecule has 0 aliphatic carbocycles. The predicted octanol–water partition coefficient (Wildman–Crippen LogP) is 3.96. The molecule has 0 bridgehead atoms. The molecule has 0 aliphatic heterocycles. The van der Waals surface area contributed by atoms with Crippen LogP contribution in [0.5, 0.6) is 0 Å². The molecule has 3 aromatic rings. The van der Waals surface area contributed by atoms with Crippen molar-refractivity contribution in [2.24, 2.45) is 0 Å². The van der Waals surface area contributed by atoms with Gasteiger partial charge in [-0.1, -0.05) is 42.5 Å². The molecule has 0 N–H and O–H groups in total. The van der Waals surface area contributed by atoms with Crippen molar-refractivity contribution >= 4 is 22.8 Å². The van der Waals surface area contributed by atoms with Crippen molar-refractivity contribution < 1.29 is 18.7 Å². The van der Waals surface area contributed by atoms with Gasteiger partial charge in [0.1, 0.15) is 5.58 Å². The van der Waals surface area contributed by atoms with Crippen LogP contribution in [-0.2, 0) is 20.7 Å². The number of rotatable bonds is 5. The first-order valence-corrected chi connectivity index (χ1v) is 8.80. The highest BCUT2D eigenvalue weighted by molar-refractivity contribution is 5.89. The molecule has 2 aromatic carbocycles. The number of ether oxygens (including phenoxy) is 1. The van der Waals surface area contributed by atoms with E-state index in [1.165, 1.54) is 4.90 Å². The molecule has 0 radical (unpaired) electrons. The Labute approximate surface area is 158 Å². The second-order valence-corrected chi connectivity index (χ2v) is 6.84. The van der Waals surface area contributed by atoms with Gasteiger partial charge in [-0.15, -0.1) is 0 Å². The summed E-state index contributed by atoms with van der Waals surface area (Å²) >= 11 is 0. The zero-order chi connectivity index (χ0) is 19.6. The maximum absolute atomic E-state index is 12.6. The maximum Gasteiger partial charge on any atom is 0.311 e. The highest BCUT2D eigenvalue weighted by Gasteiger charge is 2.27.